The summed E-state index contributed by atoms with van der Waals surface area (Å²) in [7, 11) is 0. The summed E-state index contributed by atoms with van der Waals surface area (Å²) in [5.41, 5.74) is 0.515. The number of hydrogen-bond acceptors (Lipinski definition) is 2. The van der Waals surface area contributed by atoms with Crippen LogP contribution in [0.15, 0.2) is 18.2 Å². The average molecular weight is 259 g/mol. The van der Waals surface area contributed by atoms with E-state index in [1.165, 1.54) is 0 Å². The van der Waals surface area contributed by atoms with Crippen LogP contribution in [-0.4, -0.2) is 19.0 Å². The lowest BCUT2D eigenvalue weighted by molar-refractivity contribution is 0.0953. The van der Waals surface area contributed by atoms with Gasteiger partial charge in [0, 0.05) is 25.2 Å². The predicted octanol–water partition coefficient (Wildman–Crippen LogP) is 3.60. The molecule has 86 valence electrons. The molecular weight excluding hydrogens is 247 g/mol. The summed E-state index contributed by atoms with van der Waals surface area (Å²) in [6, 6.07) is 5.14. The second-order valence-corrected chi connectivity index (χ2v) is 4.74. The summed E-state index contributed by atoms with van der Waals surface area (Å²) < 4.78 is 5.24. The van der Waals surface area contributed by atoms with Gasteiger partial charge in [-0.15, -0.1) is 0 Å². The summed E-state index contributed by atoms with van der Waals surface area (Å²) >= 11 is 11.9. The van der Waals surface area contributed by atoms with E-state index >= 15 is 0 Å². The standard InChI is InChI=1S/C12H12Cl2O2/c13-10-3-1-2-9(12(10)14)11(15)6-8-4-5-16-7-8/h1-3,8H,4-7H2. The molecule has 2 nitrogen and oxygen atoms in total. The smallest absolute Gasteiger partial charge is 0.164 e. The molecule has 1 saturated heterocycles. The Morgan fingerprint density at radius 1 is 1.44 bits per heavy atom. The van der Waals surface area contributed by atoms with E-state index in [2.05, 4.69) is 0 Å². The Kier molecular flexibility index (Phi) is 3.85. The molecule has 0 aliphatic carbocycles. The van der Waals surface area contributed by atoms with Gasteiger partial charge < -0.3 is 4.74 Å². The first-order chi connectivity index (χ1) is 7.68. The van der Waals surface area contributed by atoms with Crippen molar-refractivity contribution in [1.82, 2.24) is 0 Å². The van der Waals surface area contributed by atoms with Crippen LogP contribution >= 0.6 is 23.2 Å². The Hall–Kier alpha value is -0.570. The molecule has 1 unspecified atom stereocenters. The molecule has 0 N–H and O–H groups in total. The molecule has 0 aromatic heterocycles. The molecule has 1 fully saturated rings. The van der Waals surface area contributed by atoms with E-state index in [0.717, 1.165) is 13.0 Å². The average Bonchev–Trinajstić information content (AvgIpc) is 2.74. The van der Waals surface area contributed by atoms with Crippen LogP contribution in [0.3, 0.4) is 0 Å². The zero-order chi connectivity index (χ0) is 11.5. The normalized spacial score (nSPS) is 20.0. The van der Waals surface area contributed by atoms with Crippen LogP contribution in [0.25, 0.3) is 0 Å². The number of Topliss-reactive ketones (excluding diaryl/α,β-unsaturated/α-hetero) is 1. The molecule has 2 rings (SSSR count). The van der Waals surface area contributed by atoms with E-state index in [-0.39, 0.29) is 5.78 Å². The highest BCUT2D eigenvalue weighted by molar-refractivity contribution is 6.43. The maximum absolute atomic E-state index is 12.0. The Labute approximate surface area is 104 Å². The van der Waals surface area contributed by atoms with Crippen LogP contribution in [0.4, 0.5) is 0 Å². The maximum Gasteiger partial charge on any atom is 0.164 e. The molecule has 4 heteroatoms. The molecular formula is C12H12Cl2O2. The second kappa shape index (κ2) is 5.17. The number of ether oxygens (including phenoxy) is 1. The van der Waals surface area contributed by atoms with Gasteiger partial charge in [0.2, 0.25) is 0 Å². The molecule has 0 bridgehead atoms. The SMILES string of the molecule is O=C(CC1CCOC1)c1cccc(Cl)c1Cl. The molecule has 1 heterocycles. The van der Waals surface area contributed by atoms with Gasteiger partial charge >= 0.3 is 0 Å². The van der Waals surface area contributed by atoms with E-state index in [1.54, 1.807) is 18.2 Å². The van der Waals surface area contributed by atoms with Gasteiger partial charge in [0.15, 0.2) is 5.78 Å². The first-order valence-electron chi connectivity index (χ1n) is 5.23. The minimum absolute atomic E-state index is 0.0444. The number of carbonyl (C=O) groups is 1. The Morgan fingerprint density at radius 2 is 2.25 bits per heavy atom. The number of rotatable bonds is 3. The zero-order valence-corrected chi connectivity index (χ0v) is 10.2. The molecule has 0 saturated carbocycles. The van der Waals surface area contributed by atoms with Crippen LogP contribution in [0, 0.1) is 5.92 Å². The number of hydrogen-bond donors (Lipinski definition) is 0. The van der Waals surface area contributed by atoms with Crippen molar-refractivity contribution in [3.05, 3.63) is 33.8 Å². The third kappa shape index (κ3) is 2.57. The van der Waals surface area contributed by atoms with E-state index in [4.69, 9.17) is 27.9 Å². The second-order valence-electron chi connectivity index (χ2n) is 3.96. The highest BCUT2D eigenvalue weighted by atomic mass is 35.5. The van der Waals surface area contributed by atoms with Crippen molar-refractivity contribution in [3.8, 4) is 0 Å². The first-order valence-corrected chi connectivity index (χ1v) is 5.99. The van der Waals surface area contributed by atoms with Crippen molar-refractivity contribution >= 4 is 29.0 Å². The van der Waals surface area contributed by atoms with Gasteiger partial charge in [-0.1, -0.05) is 29.3 Å². The molecule has 1 aliphatic rings. The number of ketones is 1. The van der Waals surface area contributed by atoms with Crippen LogP contribution in [0.2, 0.25) is 10.0 Å². The topological polar surface area (TPSA) is 26.3 Å². The molecule has 16 heavy (non-hydrogen) atoms. The molecule has 1 atom stereocenters. The summed E-state index contributed by atoms with van der Waals surface area (Å²) in [6.45, 7) is 1.42. The lowest BCUT2D eigenvalue weighted by Gasteiger charge is -2.08. The lowest BCUT2D eigenvalue weighted by atomic mass is 9.98. The Bertz CT molecular complexity index is 398. The van der Waals surface area contributed by atoms with Gasteiger partial charge in [0.1, 0.15) is 0 Å². The number of benzene rings is 1. The van der Waals surface area contributed by atoms with E-state index in [1.807, 2.05) is 0 Å². The van der Waals surface area contributed by atoms with Crippen LogP contribution in [0.1, 0.15) is 23.2 Å². The number of halogens is 2. The van der Waals surface area contributed by atoms with Gasteiger partial charge in [-0.2, -0.15) is 0 Å². The molecule has 1 aromatic carbocycles. The van der Waals surface area contributed by atoms with Gasteiger partial charge in [0.05, 0.1) is 10.0 Å². The molecule has 0 amide bonds. The monoisotopic (exact) mass is 258 g/mol. The minimum atomic E-state index is 0.0444. The summed E-state index contributed by atoms with van der Waals surface area (Å²) in [4.78, 5) is 12.0. The summed E-state index contributed by atoms with van der Waals surface area (Å²) in [5.74, 6) is 0.366. The molecule has 0 spiro atoms. The highest BCUT2D eigenvalue weighted by Crippen LogP contribution is 2.28. The largest absolute Gasteiger partial charge is 0.381 e. The van der Waals surface area contributed by atoms with Crippen molar-refractivity contribution in [2.45, 2.75) is 12.8 Å². The van der Waals surface area contributed by atoms with Crippen LogP contribution in [0.5, 0.6) is 0 Å². The fourth-order valence-corrected chi connectivity index (χ4v) is 2.24. The highest BCUT2D eigenvalue weighted by Gasteiger charge is 2.21. The fraction of sp³-hybridized carbons (Fsp3) is 0.417. The van der Waals surface area contributed by atoms with Crippen molar-refractivity contribution in [3.63, 3.8) is 0 Å². The van der Waals surface area contributed by atoms with Crippen molar-refractivity contribution in [1.29, 1.82) is 0 Å². The maximum atomic E-state index is 12.0. The Balaban J connectivity index is 2.11. The molecule has 0 radical (unpaired) electrons. The lowest BCUT2D eigenvalue weighted by Crippen LogP contribution is -2.09. The Morgan fingerprint density at radius 3 is 2.94 bits per heavy atom. The van der Waals surface area contributed by atoms with E-state index in [9.17, 15) is 4.79 Å². The van der Waals surface area contributed by atoms with E-state index in [0.29, 0.717) is 34.6 Å². The van der Waals surface area contributed by atoms with Crippen LogP contribution < -0.4 is 0 Å². The third-order valence-electron chi connectivity index (χ3n) is 2.75. The molecule has 1 aliphatic heterocycles. The minimum Gasteiger partial charge on any atom is -0.381 e. The zero-order valence-electron chi connectivity index (χ0n) is 8.71. The van der Waals surface area contributed by atoms with Crippen LogP contribution in [-0.2, 0) is 4.74 Å². The fourth-order valence-electron chi connectivity index (χ4n) is 1.84. The van der Waals surface area contributed by atoms with Gasteiger partial charge in [0.25, 0.3) is 0 Å². The predicted molar refractivity (Wildman–Crippen MR) is 64.3 cm³/mol. The van der Waals surface area contributed by atoms with Crippen molar-refractivity contribution in [2.75, 3.05) is 13.2 Å². The van der Waals surface area contributed by atoms with Gasteiger partial charge in [-0.05, 0) is 24.5 Å². The molecule has 1 aromatic rings. The number of carbonyl (C=O) groups excluding carboxylic acids is 1. The first kappa shape index (κ1) is 11.9. The van der Waals surface area contributed by atoms with E-state index < -0.39 is 0 Å². The summed E-state index contributed by atoms with van der Waals surface area (Å²) in [5, 5.41) is 0.781. The van der Waals surface area contributed by atoms with Gasteiger partial charge in [-0.3, -0.25) is 4.79 Å². The van der Waals surface area contributed by atoms with Crippen molar-refractivity contribution in [2.24, 2.45) is 5.92 Å². The third-order valence-corrected chi connectivity index (χ3v) is 3.57. The van der Waals surface area contributed by atoms with Crippen molar-refractivity contribution < 1.29 is 9.53 Å². The van der Waals surface area contributed by atoms with Gasteiger partial charge in [-0.25, -0.2) is 0 Å². The summed E-state index contributed by atoms with van der Waals surface area (Å²) in [6.07, 6.45) is 1.43. The quantitative estimate of drug-likeness (QED) is 0.775.